The van der Waals surface area contributed by atoms with Gasteiger partial charge in [0.15, 0.2) is 0 Å². The number of hydrogen-bond donors (Lipinski definition) is 1. The Morgan fingerprint density at radius 3 is 2.23 bits per heavy atom. The van der Waals surface area contributed by atoms with E-state index in [0.29, 0.717) is 21.2 Å². The van der Waals surface area contributed by atoms with Crippen molar-refractivity contribution in [3.8, 4) is 0 Å². The molecule has 1 aromatic heterocycles. The van der Waals surface area contributed by atoms with E-state index in [0.717, 1.165) is 39.2 Å². The van der Waals surface area contributed by atoms with E-state index in [1.807, 2.05) is 43.3 Å². The summed E-state index contributed by atoms with van der Waals surface area (Å²) >= 11 is 2.00. The van der Waals surface area contributed by atoms with Crippen LogP contribution in [0.1, 0.15) is 33.6 Å². The number of imide groups is 1. The molecule has 2 unspecified atom stereocenters. The Kier molecular flexibility index (Phi) is 8.90. The maximum Gasteiger partial charge on any atom is 0.338 e. The van der Waals surface area contributed by atoms with Gasteiger partial charge in [0.1, 0.15) is 11.8 Å². The molecule has 48 heavy (non-hydrogen) atoms. The van der Waals surface area contributed by atoms with E-state index >= 15 is 0 Å². The minimum atomic E-state index is -0.919. The number of anilines is 3. The zero-order valence-corrected chi connectivity index (χ0v) is 27.6. The van der Waals surface area contributed by atoms with Crippen LogP contribution >= 0.6 is 23.1 Å². The summed E-state index contributed by atoms with van der Waals surface area (Å²) in [5.74, 6) is -3.51. The van der Waals surface area contributed by atoms with Crippen LogP contribution in [0.4, 0.5) is 22.7 Å². The number of carbonyl (C=O) groups excluding carboxylic acids is 4. The van der Waals surface area contributed by atoms with Gasteiger partial charge in [0, 0.05) is 48.4 Å². The first-order valence-corrected chi connectivity index (χ1v) is 16.5. The molecule has 3 atom stereocenters. The van der Waals surface area contributed by atoms with Crippen molar-refractivity contribution in [3.63, 3.8) is 0 Å². The van der Waals surface area contributed by atoms with Gasteiger partial charge in [-0.25, -0.2) is 9.69 Å². The fourth-order valence-electron chi connectivity index (χ4n) is 5.82. The van der Waals surface area contributed by atoms with Crippen molar-refractivity contribution in [2.75, 3.05) is 35.8 Å². The Morgan fingerprint density at radius 1 is 0.958 bits per heavy atom. The van der Waals surface area contributed by atoms with Crippen LogP contribution in [-0.2, 0) is 25.7 Å². The minimum Gasteiger partial charge on any atom is -0.462 e. The van der Waals surface area contributed by atoms with Crippen LogP contribution in [0.15, 0.2) is 82.6 Å². The molecule has 15 heteroatoms. The predicted molar refractivity (Wildman–Crippen MR) is 181 cm³/mol. The van der Waals surface area contributed by atoms with Gasteiger partial charge in [-0.1, -0.05) is 35.2 Å². The molecule has 246 valence electrons. The molecule has 0 saturated carbocycles. The van der Waals surface area contributed by atoms with E-state index in [2.05, 4.69) is 5.32 Å². The number of nitrogens with one attached hydrogen (secondary N) is 1. The Morgan fingerprint density at radius 2 is 1.62 bits per heavy atom. The molecule has 1 saturated heterocycles. The molecule has 13 nitrogen and oxygen atoms in total. The van der Waals surface area contributed by atoms with Crippen LogP contribution in [0.3, 0.4) is 0 Å². The number of amides is 3. The number of ether oxygens (including phenoxy) is 1. The Bertz CT molecular complexity index is 1990. The topological polar surface area (TPSA) is 161 Å². The molecule has 3 amide bonds. The number of nitrogens with zero attached hydrogens (tertiary/aromatic N) is 4. The first-order chi connectivity index (χ1) is 23.0. The van der Waals surface area contributed by atoms with Gasteiger partial charge in [-0.15, -0.1) is 0 Å². The van der Waals surface area contributed by atoms with Crippen molar-refractivity contribution >= 4 is 69.5 Å². The Hall–Kier alpha value is -5.28. The molecule has 0 bridgehead atoms. The van der Waals surface area contributed by atoms with E-state index < -0.39 is 50.6 Å². The summed E-state index contributed by atoms with van der Waals surface area (Å²) in [5.41, 5.74) is 2.41. The van der Waals surface area contributed by atoms with Crippen LogP contribution in [0, 0.1) is 16.0 Å². The second-order valence-electron chi connectivity index (χ2n) is 11.3. The van der Waals surface area contributed by atoms with Crippen molar-refractivity contribution in [3.05, 3.63) is 109 Å². The molecule has 3 heterocycles. The number of nitro groups is 1. The molecule has 0 radical (unpaired) electrons. The van der Waals surface area contributed by atoms with Crippen LogP contribution < -0.4 is 20.0 Å². The molecule has 0 aliphatic carbocycles. The van der Waals surface area contributed by atoms with Gasteiger partial charge >= 0.3 is 10.8 Å². The third-order valence-corrected chi connectivity index (χ3v) is 10.7. The fraction of sp³-hybridized carbons (Fsp3) is 0.242. The average molecular weight is 688 g/mol. The molecule has 1 N–H and O–H groups in total. The van der Waals surface area contributed by atoms with Gasteiger partial charge in [0.05, 0.1) is 33.7 Å². The van der Waals surface area contributed by atoms with Crippen molar-refractivity contribution in [2.45, 2.75) is 29.7 Å². The first-order valence-electron chi connectivity index (χ1n) is 14.8. The number of esters is 1. The lowest BCUT2D eigenvalue weighted by atomic mass is 9.83. The highest BCUT2D eigenvalue weighted by molar-refractivity contribution is 8.00. The third kappa shape index (κ3) is 5.97. The normalized spacial score (nSPS) is 18.2. The SMILES string of the molecule is CCOC(=O)c1ccc(NC(=O)Cn2c3c(sc2=O)[C@H](c2ccc(N(C)C)cc2)C2C(=O)N(c4ccc([N+](=O)[O-])cc4)C(=O)C2S3)cc1. The van der Waals surface area contributed by atoms with Gasteiger partial charge in [0.2, 0.25) is 17.7 Å². The molecular formula is C33H29N5O8S2. The number of rotatable bonds is 9. The maximum atomic E-state index is 14.1. The standard InChI is InChI=1S/C33H29N5O8S2/c1-4-46-32(42)19-5-9-20(10-6-19)34-24(39)17-36-31-28(48-33(36)43)25(18-7-11-21(12-8-18)35(2)3)26-27(47-31)30(41)37(29(26)40)22-13-15-23(16-14-22)38(44)45/h5-16,25-27H,4,17H2,1-3H3,(H,34,39)/t25-,26?,27?/m1/s1. The van der Waals surface area contributed by atoms with E-state index in [4.69, 9.17) is 4.74 Å². The lowest BCUT2D eigenvalue weighted by molar-refractivity contribution is -0.384. The quantitative estimate of drug-likeness (QED) is 0.115. The van der Waals surface area contributed by atoms with Crippen LogP contribution in [0.5, 0.6) is 0 Å². The Balaban J connectivity index is 1.34. The number of thioether (sulfide) groups is 1. The van der Waals surface area contributed by atoms with Crippen molar-refractivity contribution in [2.24, 2.45) is 5.92 Å². The smallest absolute Gasteiger partial charge is 0.338 e. The summed E-state index contributed by atoms with van der Waals surface area (Å²) < 4.78 is 6.31. The first kappa shape index (κ1) is 32.7. The van der Waals surface area contributed by atoms with Crippen molar-refractivity contribution in [1.82, 2.24) is 4.57 Å². The van der Waals surface area contributed by atoms with Gasteiger partial charge in [0.25, 0.3) is 5.69 Å². The highest BCUT2D eigenvalue weighted by atomic mass is 32.2. The van der Waals surface area contributed by atoms with Crippen LogP contribution in [-0.4, -0.2) is 59.1 Å². The molecule has 4 aromatic rings. The highest BCUT2D eigenvalue weighted by Gasteiger charge is 2.56. The zero-order valence-electron chi connectivity index (χ0n) is 25.9. The molecule has 0 spiro atoms. The van der Waals surface area contributed by atoms with E-state index in [1.165, 1.54) is 41.0 Å². The van der Waals surface area contributed by atoms with Crippen molar-refractivity contribution in [1.29, 1.82) is 0 Å². The third-order valence-electron chi connectivity index (χ3n) is 8.12. The second-order valence-corrected chi connectivity index (χ2v) is 13.4. The predicted octanol–water partition coefficient (Wildman–Crippen LogP) is 4.50. The lowest BCUT2D eigenvalue weighted by Crippen LogP contribution is -2.33. The second kappa shape index (κ2) is 13.1. The van der Waals surface area contributed by atoms with Gasteiger partial charge in [-0.05, 0) is 61.0 Å². The molecule has 2 aliphatic heterocycles. The molecule has 3 aromatic carbocycles. The Labute approximate surface area is 282 Å². The largest absolute Gasteiger partial charge is 0.462 e. The van der Waals surface area contributed by atoms with Crippen LogP contribution in [0.25, 0.3) is 0 Å². The summed E-state index contributed by atoms with van der Waals surface area (Å²) in [6, 6.07) is 18.9. The van der Waals surface area contributed by atoms with Gasteiger partial charge in [-0.2, -0.15) is 0 Å². The van der Waals surface area contributed by atoms with Gasteiger partial charge < -0.3 is 15.0 Å². The van der Waals surface area contributed by atoms with E-state index in [9.17, 15) is 34.1 Å². The summed E-state index contributed by atoms with van der Waals surface area (Å²) in [7, 11) is 3.79. The van der Waals surface area contributed by atoms with Crippen LogP contribution in [0.2, 0.25) is 0 Å². The number of aromatic nitrogens is 1. The van der Waals surface area contributed by atoms with Gasteiger partial charge in [-0.3, -0.25) is 33.9 Å². The number of hydrogen-bond acceptors (Lipinski definition) is 11. The summed E-state index contributed by atoms with van der Waals surface area (Å²) in [5, 5.41) is 13.4. The monoisotopic (exact) mass is 687 g/mol. The number of fused-ring (bicyclic) bond motifs is 2. The van der Waals surface area contributed by atoms with E-state index in [-0.39, 0.29) is 24.5 Å². The molecular weight excluding hydrogens is 659 g/mol. The summed E-state index contributed by atoms with van der Waals surface area (Å²) in [6.45, 7) is 1.58. The lowest BCUT2D eigenvalue weighted by Gasteiger charge is -2.31. The molecule has 1 fully saturated rings. The highest BCUT2D eigenvalue weighted by Crippen LogP contribution is 2.54. The number of thiazole rings is 1. The maximum absolute atomic E-state index is 14.1. The number of non-ortho nitro benzene ring substituents is 1. The minimum absolute atomic E-state index is 0.178. The summed E-state index contributed by atoms with van der Waals surface area (Å²) in [4.78, 5) is 80.4. The number of carbonyl (C=O) groups is 4. The van der Waals surface area contributed by atoms with E-state index in [1.54, 1.807) is 19.1 Å². The average Bonchev–Trinajstić information content (AvgIpc) is 3.51. The fourth-order valence-corrected chi connectivity index (χ4v) is 8.59. The zero-order chi connectivity index (χ0) is 34.3. The number of nitro benzene ring substituents is 1. The number of benzene rings is 3. The summed E-state index contributed by atoms with van der Waals surface area (Å²) in [6.07, 6.45) is 0. The molecule has 6 rings (SSSR count). The molecule has 2 aliphatic rings. The van der Waals surface area contributed by atoms with Crippen molar-refractivity contribution < 1.29 is 28.8 Å².